The molecule has 1 N–H and O–H groups in total. The first kappa shape index (κ1) is 15.3. The van der Waals surface area contributed by atoms with Gasteiger partial charge >= 0.3 is 5.97 Å². The van der Waals surface area contributed by atoms with Crippen LogP contribution in [0.25, 0.3) is 0 Å². The second-order valence-electron chi connectivity index (χ2n) is 6.21. The van der Waals surface area contributed by atoms with Gasteiger partial charge in [0.05, 0.1) is 5.92 Å². The zero-order valence-corrected chi connectivity index (χ0v) is 12.5. The summed E-state index contributed by atoms with van der Waals surface area (Å²) in [5.41, 5.74) is 0. The summed E-state index contributed by atoms with van der Waals surface area (Å²) in [5, 5.41) is 9.01. The highest BCUT2D eigenvalue weighted by molar-refractivity contribution is 5.79. The van der Waals surface area contributed by atoms with Crippen LogP contribution in [0.2, 0.25) is 0 Å². The van der Waals surface area contributed by atoms with E-state index in [1.807, 2.05) is 4.90 Å². The fraction of sp³-hybridized carbons (Fsp3) is 0.867. The van der Waals surface area contributed by atoms with E-state index in [0.717, 1.165) is 38.9 Å². The highest BCUT2D eigenvalue weighted by Gasteiger charge is 2.34. The van der Waals surface area contributed by atoms with E-state index < -0.39 is 5.97 Å². The smallest absolute Gasteiger partial charge is 0.306 e. The fourth-order valence-corrected chi connectivity index (χ4v) is 3.43. The van der Waals surface area contributed by atoms with Crippen LogP contribution in [0, 0.1) is 11.8 Å². The Hall–Kier alpha value is -1.10. The summed E-state index contributed by atoms with van der Waals surface area (Å²) < 4.78 is 0. The molecule has 1 atom stereocenters. The van der Waals surface area contributed by atoms with Gasteiger partial charge < -0.3 is 10.0 Å². The van der Waals surface area contributed by atoms with Crippen LogP contribution in [-0.4, -0.2) is 59.5 Å². The molecule has 1 heterocycles. The van der Waals surface area contributed by atoms with Gasteiger partial charge in [0.2, 0.25) is 5.91 Å². The molecule has 1 amide bonds. The lowest BCUT2D eigenvalue weighted by atomic mass is 9.81. The van der Waals surface area contributed by atoms with Crippen molar-refractivity contribution in [3.05, 3.63) is 0 Å². The van der Waals surface area contributed by atoms with Crippen molar-refractivity contribution in [2.45, 2.75) is 45.1 Å². The molecule has 0 aromatic carbocycles. The molecule has 5 heteroatoms. The van der Waals surface area contributed by atoms with Crippen LogP contribution in [-0.2, 0) is 9.59 Å². The van der Waals surface area contributed by atoms with E-state index in [9.17, 15) is 9.59 Å². The first-order valence-electron chi connectivity index (χ1n) is 7.74. The predicted octanol–water partition coefficient (Wildman–Crippen LogP) is 1.43. The average molecular weight is 282 g/mol. The molecule has 20 heavy (non-hydrogen) atoms. The van der Waals surface area contributed by atoms with Gasteiger partial charge in [0, 0.05) is 31.6 Å². The van der Waals surface area contributed by atoms with Crippen LogP contribution in [0.5, 0.6) is 0 Å². The van der Waals surface area contributed by atoms with E-state index in [2.05, 4.69) is 18.9 Å². The number of piperazine rings is 1. The van der Waals surface area contributed by atoms with Crippen LogP contribution >= 0.6 is 0 Å². The molecular formula is C15H26N2O3. The summed E-state index contributed by atoms with van der Waals surface area (Å²) in [6, 6.07) is 0.461. The monoisotopic (exact) mass is 282 g/mol. The number of amides is 1. The molecule has 1 saturated heterocycles. The summed E-state index contributed by atoms with van der Waals surface area (Å²) in [6.45, 7) is 4.73. The third-order valence-corrected chi connectivity index (χ3v) is 4.99. The molecular weight excluding hydrogens is 256 g/mol. The molecule has 2 aliphatic rings. The third kappa shape index (κ3) is 3.32. The molecule has 0 radical (unpaired) electrons. The summed E-state index contributed by atoms with van der Waals surface area (Å²) in [4.78, 5) is 27.8. The van der Waals surface area contributed by atoms with Gasteiger partial charge in [-0.1, -0.05) is 6.92 Å². The Morgan fingerprint density at radius 1 is 1.10 bits per heavy atom. The standard InChI is InChI=1S/C15H26N2O3/c1-3-13-10-17(9-8-16(13)2)14(18)11-4-6-12(7-5-11)15(19)20/h11-13H,3-10H2,1-2H3,(H,19,20). The molecule has 0 aromatic rings. The molecule has 5 nitrogen and oxygen atoms in total. The number of hydrogen-bond acceptors (Lipinski definition) is 3. The van der Waals surface area contributed by atoms with Gasteiger partial charge in [-0.25, -0.2) is 0 Å². The van der Waals surface area contributed by atoms with Crippen molar-refractivity contribution in [3.63, 3.8) is 0 Å². The number of carbonyl (C=O) groups excluding carboxylic acids is 1. The van der Waals surface area contributed by atoms with E-state index in [1.54, 1.807) is 0 Å². The van der Waals surface area contributed by atoms with Crippen LogP contribution < -0.4 is 0 Å². The number of hydrogen-bond donors (Lipinski definition) is 1. The number of likely N-dealkylation sites (N-methyl/N-ethyl adjacent to an activating group) is 1. The fourth-order valence-electron chi connectivity index (χ4n) is 3.43. The van der Waals surface area contributed by atoms with Crippen LogP contribution in [0.3, 0.4) is 0 Å². The SMILES string of the molecule is CCC1CN(C(=O)C2CCC(C(=O)O)CC2)CCN1C. The number of carbonyl (C=O) groups is 2. The number of carboxylic acids is 1. The number of aliphatic carboxylic acids is 1. The van der Waals surface area contributed by atoms with Gasteiger partial charge in [0.1, 0.15) is 0 Å². The number of nitrogens with zero attached hydrogens (tertiary/aromatic N) is 2. The molecule has 1 unspecified atom stereocenters. The van der Waals surface area contributed by atoms with E-state index in [0.29, 0.717) is 18.9 Å². The molecule has 0 aromatic heterocycles. The molecule has 2 rings (SSSR count). The van der Waals surface area contributed by atoms with Crippen molar-refractivity contribution in [3.8, 4) is 0 Å². The Morgan fingerprint density at radius 2 is 1.70 bits per heavy atom. The third-order valence-electron chi connectivity index (χ3n) is 4.99. The lowest BCUT2D eigenvalue weighted by molar-refractivity contribution is -0.146. The van der Waals surface area contributed by atoms with Gasteiger partial charge in [0.25, 0.3) is 0 Å². The van der Waals surface area contributed by atoms with E-state index in [-0.39, 0.29) is 17.7 Å². The van der Waals surface area contributed by atoms with Crippen molar-refractivity contribution in [2.24, 2.45) is 11.8 Å². The maximum Gasteiger partial charge on any atom is 0.306 e. The second kappa shape index (κ2) is 6.57. The zero-order chi connectivity index (χ0) is 14.7. The van der Waals surface area contributed by atoms with Crippen molar-refractivity contribution < 1.29 is 14.7 Å². The largest absolute Gasteiger partial charge is 0.481 e. The zero-order valence-electron chi connectivity index (χ0n) is 12.5. The Bertz CT molecular complexity index is 364. The Balaban J connectivity index is 1.87. The Morgan fingerprint density at radius 3 is 2.25 bits per heavy atom. The Labute approximate surface area is 120 Å². The van der Waals surface area contributed by atoms with Crippen molar-refractivity contribution in [1.29, 1.82) is 0 Å². The highest BCUT2D eigenvalue weighted by Crippen LogP contribution is 2.30. The summed E-state index contributed by atoms with van der Waals surface area (Å²) in [6.07, 6.45) is 3.83. The minimum absolute atomic E-state index is 0.0477. The van der Waals surface area contributed by atoms with Crippen molar-refractivity contribution in [1.82, 2.24) is 9.80 Å². The lowest BCUT2D eigenvalue weighted by Gasteiger charge is -2.41. The molecule has 2 fully saturated rings. The molecule has 0 bridgehead atoms. The van der Waals surface area contributed by atoms with E-state index in [1.165, 1.54) is 0 Å². The number of carboxylic acid groups (broad SMARTS) is 1. The van der Waals surface area contributed by atoms with Crippen LogP contribution in [0.15, 0.2) is 0 Å². The quantitative estimate of drug-likeness (QED) is 0.850. The maximum atomic E-state index is 12.6. The summed E-state index contributed by atoms with van der Waals surface area (Å²) in [7, 11) is 2.12. The molecule has 1 aliphatic carbocycles. The topological polar surface area (TPSA) is 60.9 Å². The highest BCUT2D eigenvalue weighted by atomic mass is 16.4. The summed E-state index contributed by atoms with van der Waals surface area (Å²) >= 11 is 0. The molecule has 0 spiro atoms. The van der Waals surface area contributed by atoms with E-state index >= 15 is 0 Å². The maximum absolute atomic E-state index is 12.6. The molecule has 1 saturated carbocycles. The first-order valence-corrected chi connectivity index (χ1v) is 7.74. The minimum Gasteiger partial charge on any atom is -0.481 e. The second-order valence-corrected chi connectivity index (χ2v) is 6.21. The predicted molar refractivity (Wildman–Crippen MR) is 76.4 cm³/mol. The van der Waals surface area contributed by atoms with Gasteiger partial charge in [-0.2, -0.15) is 0 Å². The minimum atomic E-state index is -0.707. The van der Waals surface area contributed by atoms with E-state index in [4.69, 9.17) is 5.11 Å². The Kier molecular flexibility index (Phi) is 5.02. The molecule has 1 aliphatic heterocycles. The van der Waals surface area contributed by atoms with Crippen LogP contribution in [0.4, 0.5) is 0 Å². The van der Waals surface area contributed by atoms with Gasteiger partial charge in [-0.3, -0.25) is 14.5 Å². The first-order chi connectivity index (χ1) is 9.52. The van der Waals surface area contributed by atoms with Crippen LogP contribution in [0.1, 0.15) is 39.0 Å². The lowest BCUT2D eigenvalue weighted by Crippen LogP contribution is -2.54. The van der Waals surface area contributed by atoms with Gasteiger partial charge in [-0.15, -0.1) is 0 Å². The van der Waals surface area contributed by atoms with Crippen molar-refractivity contribution in [2.75, 3.05) is 26.7 Å². The van der Waals surface area contributed by atoms with Gasteiger partial charge in [-0.05, 0) is 39.2 Å². The number of rotatable bonds is 3. The van der Waals surface area contributed by atoms with Gasteiger partial charge in [0.15, 0.2) is 0 Å². The normalized spacial score (nSPS) is 32.1. The summed E-state index contributed by atoms with van der Waals surface area (Å²) in [5.74, 6) is -0.650. The van der Waals surface area contributed by atoms with Crippen molar-refractivity contribution >= 4 is 11.9 Å². The average Bonchev–Trinajstić information content (AvgIpc) is 2.47. The molecule has 114 valence electrons.